The zero-order chi connectivity index (χ0) is 25.0. The van der Waals surface area contributed by atoms with Crippen LogP contribution >= 0.6 is 0 Å². The zero-order valence-electron chi connectivity index (χ0n) is 20.8. The quantitative estimate of drug-likeness (QED) is 0.172. The number of para-hydroxylation sites is 2. The molecule has 0 fully saturated rings. The molecule has 5 nitrogen and oxygen atoms in total. The number of fused-ring (bicyclic) bond motifs is 1. The molecule has 0 radical (unpaired) electrons. The number of benzene rings is 3. The molecule has 0 aliphatic rings. The lowest BCUT2D eigenvalue weighted by atomic mass is 9.86. The fraction of sp³-hybridized carbons (Fsp3) is 0.233. The van der Waals surface area contributed by atoms with Crippen molar-refractivity contribution in [3.05, 3.63) is 95.6 Å². The third-order valence-corrected chi connectivity index (χ3v) is 5.83. The average molecular weight is 467 g/mol. The highest BCUT2D eigenvalue weighted by molar-refractivity contribution is 6.05. The Kier molecular flexibility index (Phi) is 6.97. The summed E-state index contributed by atoms with van der Waals surface area (Å²) in [6.07, 6.45) is 0. The van der Waals surface area contributed by atoms with Crippen LogP contribution < -0.4 is 4.74 Å². The van der Waals surface area contributed by atoms with E-state index in [1.54, 1.807) is 6.07 Å². The molecule has 4 rings (SSSR count). The van der Waals surface area contributed by atoms with Crippen molar-refractivity contribution >= 4 is 22.6 Å². The minimum Gasteiger partial charge on any atom is -0.493 e. The average Bonchev–Trinajstić information content (AvgIpc) is 2.86. The second-order valence-corrected chi connectivity index (χ2v) is 9.38. The maximum atomic E-state index is 13.2. The van der Waals surface area contributed by atoms with E-state index in [1.807, 2.05) is 74.5 Å². The summed E-state index contributed by atoms with van der Waals surface area (Å²) >= 11 is 0. The number of hydrogen-bond donors (Lipinski definition) is 0. The molecule has 0 unspecified atom stereocenters. The van der Waals surface area contributed by atoms with Gasteiger partial charge in [0.2, 0.25) is 0 Å². The minimum absolute atomic E-state index is 0.0664. The minimum atomic E-state index is -0.538. The summed E-state index contributed by atoms with van der Waals surface area (Å²) in [4.78, 5) is 23.4. The van der Waals surface area contributed by atoms with Crippen molar-refractivity contribution in [1.29, 1.82) is 0 Å². The Bertz CT molecular complexity index is 1380. The topological polar surface area (TPSA) is 60.8 Å². The number of oxime groups is 1. The Morgan fingerprint density at radius 3 is 2.34 bits per heavy atom. The molecule has 4 aromatic rings. The van der Waals surface area contributed by atoms with E-state index in [9.17, 15) is 4.79 Å². The summed E-state index contributed by atoms with van der Waals surface area (Å²) in [5.41, 5.74) is 5.37. The molecular weight excluding hydrogens is 436 g/mol. The maximum absolute atomic E-state index is 13.2. The lowest BCUT2D eigenvalue weighted by Gasteiger charge is -2.19. The summed E-state index contributed by atoms with van der Waals surface area (Å²) in [5, 5.41) is 4.85. The Balaban J connectivity index is 1.67. The van der Waals surface area contributed by atoms with Crippen molar-refractivity contribution in [1.82, 2.24) is 4.98 Å². The Hall–Kier alpha value is -3.99. The first kappa shape index (κ1) is 24.1. The third kappa shape index (κ3) is 5.40. The fourth-order valence-corrected chi connectivity index (χ4v) is 3.87. The van der Waals surface area contributed by atoms with Crippen LogP contribution in [0.5, 0.6) is 5.75 Å². The van der Waals surface area contributed by atoms with Crippen molar-refractivity contribution in [2.45, 2.75) is 40.0 Å². The number of pyridine rings is 1. The van der Waals surface area contributed by atoms with Crippen LogP contribution in [0, 0.1) is 0 Å². The summed E-state index contributed by atoms with van der Waals surface area (Å²) in [7, 11) is 0. The van der Waals surface area contributed by atoms with E-state index in [4.69, 9.17) is 14.6 Å². The van der Waals surface area contributed by atoms with Gasteiger partial charge in [-0.1, -0.05) is 80.5 Å². The predicted octanol–water partition coefficient (Wildman–Crippen LogP) is 7.18. The fourth-order valence-electron chi connectivity index (χ4n) is 3.87. The highest BCUT2D eigenvalue weighted by Gasteiger charge is 2.18. The van der Waals surface area contributed by atoms with Crippen molar-refractivity contribution in [3.63, 3.8) is 0 Å². The molecule has 0 amide bonds. The number of ether oxygens (including phenoxy) is 1. The first-order valence-corrected chi connectivity index (χ1v) is 11.8. The van der Waals surface area contributed by atoms with Gasteiger partial charge in [-0.3, -0.25) is 0 Å². The number of hydrogen-bond acceptors (Lipinski definition) is 5. The lowest BCUT2D eigenvalue weighted by molar-refractivity contribution is 0.0518. The highest BCUT2D eigenvalue weighted by atomic mass is 16.7. The molecule has 0 aliphatic heterocycles. The van der Waals surface area contributed by atoms with E-state index in [2.05, 4.69) is 38.1 Å². The van der Waals surface area contributed by atoms with Crippen molar-refractivity contribution in [3.8, 4) is 17.0 Å². The maximum Gasteiger partial charge on any atom is 0.366 e. The molecule has 1 aromatic heterocycles. The first-order valence-electron chi connectivity index (χ1n) is 11.8. The molecule has 1 heterocycles. The number of carbonyl (C=O) groups excluding carboxylic acids is 1. The normalized spacial score (nSPS) is 12.0. The highest BCUT2D eigenvalue weighted by Crippen LogP contribution is 2.32. The van der Waals surface area contributed by atoms with E-state index in [1.165, 1.54) is 5.56 Å². The molecule has 0 N–H and O–H groups in total. The molecule has 5 heteroatoms. The molecule has 0 saturated heterocycles. The molecular formula is C30H30N2O3. The summed E-state index contributed by atoms with van der Waals surface area (Å²) in [6.45, 7) is 10.8. The van der Waals surface area contributed by atoms with Crippen LogP contribution in [0.15, 0.2) is 84.0 Å². The van der Waals surface area contributed by atoms with Gasteiger partial charge in [0.05, 0.1) is 29.1 Å². The second kappa shape index (κ2) is 10.1. The van der Waals surface area contributed by atoms with Crippen molar-refractivity contribution in [2.24, 2.45) is 5.16 Å². The molecule has 3 aromatic carbocycles. The van der Waals surface area contributed by atoms with Gasteiger partial charge in [0.1, 0.15) is 5.75 Å². The van der Waals surface area contributed by atoms with Crippen molar-refractivity contribution in [2.75, 3.05) is 6.61 Å². The van der Waals surface area contributed by atoms with Gasteiger partial charge >= 0.3 is 5.97 Å². The van der Waals surface area contributed by atoms with E-state index < -0.39 is 5.97 Å². The van der Waals surface area contributed by atoms with Gasteiger partial charge in [-0.05, 0) is 54.7 Å². The Morgan fingerprint density at radius 1 is 0.943 bits per heavy atom. The third-order valence-electron chi connectivity index (χ3n) is 5.83. The smallest absolute Gasteiger partial charge is 0.366 e. The molecule has 35 heavy (non-hydrogen) atoms. The molecule has 0 atom stereocenters. The van der Waals surface area contributed by atoms with Crippen LogP contribution in [0.4, 0.5) is 0 Å². The van der Waals surface area contributed by atoms with E-state index in [0.717, 1.165) is 11.1 Å². The SMILES string of the molecule is CCOc1ccccc1-c1cc(C(=O)ON=C(C)c2ccc(C(C)(C)C)cc2)c2ccccc2n1. The second-order valence-electron chi connectivity index (χ2n) is 9.38. The van der Waals surface area contributed by atoms with Crippen molar-refractivity contribution < 1.29 is 14.4 Å². The Labute approximate surface area is 206 Å². The molecule has 0 aliphatic carbocycles. The monoisotopic (exact) mass is 466 g/mol. The standard InChI is InChI=1S/C30H30N2O3/c1-6-34-28-14-10-8-12-24(28)27-19-25(23-11-7-9-13-26(23)31-27)29(33)35-32-20(2)21-15-17-22(18-16-21)30(3,4)5/h7-19H,6H2,1-5H3. The van der Waals surface area contributed by atoms with Gasteiger partial charge in [0, 0.05) is 10.9 Å². The van der Waals surface area contributed by atoms with Gasteiger partial charge < -0.3 is 9.57 Å². The van der Waals surface area contributed by atoms with Crippen LogP contribution in [0.25, 0.3) is 22.2 Å². The molecule has 178 valence electrons. The van der Waals surface area contributed by atoms with Crippen LogP contribution in [-0.4, -0.2) is 23.3 Å². The van der Waals surface area contributed by atoms with Crippen LogP contribution in [0.3, 0.4) is 0 Å². The van der Waals surface area contributed by atoms with Gasteiger partial charge in [-0.25, -0.2) is 9.78 Å². The van der Waals surface area contributed by atoms with Crippen LogP contribution in [0.2, 0.25) is 0 Å². The zero-order valence-corrected chi connectivity index (χ0v) is 20.8. The number of rotatable bonds is 6. The summed E-state index contributed by atoms with van der Waals surface area (Å²) in [5.74, 6) is 0.175. The van der Waals surface area contributed by atoms with E-state index in [0.29, 0.717) is 40.2 Å². The predicted molar refractivity (Wildman–Crippen MR) is 141 cm³/mol. The van der Waals surface area contributed by atoms with E-state index >= 15 is 0 Å². The number of aromatic nitrogens is 1. The summed E-state index contributed by atoms with van der Waals surface area (Å²) < 4.78 is 5.78. The van der Waals surface area contributed by atoms with Crippen LogP contribution in [-0.2, 0) is 10.3 Å². The number of carbonyl (C=O) groups is 1. The lowest BCUT2D eigenvalue weighted by Crippen LogP contribution is -2.11. The molecule has 0 saturated carbocycles. The Morgan fingerprint density at radius 2 is 1.63 bits per heavy atom. The largest absolute Gasteiger partial charge is 0.493 e. The first-order chi connectivity index (χ1) is 16.8. The van der Waals surface area contributed by atoms with Gasteiger partial charge in [-0.15, -0.1) is 0 Å². The number of nitrogens with zero attached hydrogens (tertiary/aromatic N) is 2. The van der Waals surface area contributed by atoms with Gasteiger partial charge in [0.15, 0.2) is 0 Å². The van der Waals surface area contributed by atoms with Crippen LogP contribution in [0.1, 0.15) is 56.1 Å². The van der Waals surface area contributed by atoms with E-state index in [-0.39, 0.29) is 5.41 Å². The molecule has 0 spiro atoms. The summed E-state index contributed by atoms with van der Waals surface area (Å²) in [6, 6.07) is 25.1. The van der Waals surface area contributed by atoms with Gasteiger partial charge in [-0.2, -0.15) is 0 Å². The van der Waals surface area contributed by atoms with Gasteiger partial charge in [0.25, 0.3) is 0 Å². The molecule has 0 bridgehead atoms.